The third-order valence-corrected chi connectivity index (χ3v) is 4.39. The number of hydrogen-bond acceptors (Lipinski definition) is 4. The van der Waals surface area contributed by atoms with Gasteiger partial charge in [-0.25, -0.2) is 8.42 Å². The first-order valence-electron chi connectivity index (χ1n) is 5.08. The van der Waals surface area contributed by atoms with Gasteiger partial charge in [0.25, 0.3) is 0 Å². The Labute approximate surface area is 110 Å². The molecule has 1 heterocycles. The number of methoxy groups -OCH3 is 1. The standard InChI is InChI=1S/C10H15BrN2O3S/c1-16-8-7-13(6-4-11)17(14,15)10-3-2-5-12-9-10/h2-3,5,9H,4,6-8H2,1H3. The van der Waals surface area contributed by atoms with Gasteiger partial charge in [-0.3, -0.25) is 4.98 Å². The summed E-state index contributed by atoms with van der Waals surface area (Å²) in [6.45, 7) is 1.10. The van der Waals surface area contributed by atoms with E-state index in [1.807, 2.05) is 0 Å². The first-order valence-corrected chi connectivity index (χ1v) is 7.64. The summed E-state index contributed by atoms with van der Waals surface area (Å²) in [5.74, 6) is 0. The molecule has 0 atom stereocenters. The highest BCUT2D eigenvalue weighted by Crippen LogP contribution is 2.13. The lowest BCUT2D eigenvalue weighted by Crippen LogP contribution is -2.35. The lowest BCUT2D eigenvalue weighted by molar-refractivity contribution is 0.180. The van der Waals surface area contributed by atoms with Crippen molar-refractivity contribution in [1.29, 1.82) is 0 Å². The Morgan fingerprint density at radius 3 is 2.76 bits per heavy atom. The molecule has 17 heavy (non-hydrogen) atoms. The molecule has 1 rings (SSSR count). The number of nitrogens with zero attached hydrogens (tertiary/aromatic N) is 2. The Hall–Kier alpha value is -0.500. The van der Waals surface area contributed by atoms with E-state index in [-0.39, 0.29) is 4.90 Å². The zero-order valence-electron chi connectivity index (χ0n) is 9.54. The molecular weight excluding hydrogens is 308 g/mol. The maximum atomic E-state index is 12.2. The molecule has 0 fully saturated rings. The van der Waals surface area contributed by atoms with Crippen molar-refractivity contribution in [3.05, 3.63) is 24.5 Å². The van der Waals surface area contributed by atoms with Gasteiger partial charge < -0.3 is 4.74 Å². The fourth-order valence-corrected chi connectivity index (χ4v) is 3.34. The number of sulfonamides is 1. The Morgan fingerprint density at radius 1 is 1.47 bits per heavy atom. The molecular formula is C10H15BrN2O3S. The van der Waals surface area contributed by atoms with Gasteiger partial charge in [0.15, 0.2) is 0 Å². The second-order valence-electron chi connectivity index (χ2n) is 3.27. The maximum absolute atomic E-state index is 12.2. The van der Waals surface area contributed by atoms with Crippen molar-refractivity contribution < 1.29 is 13.2 Å². The van der Waals surface area contributed by atoms with Crippen molar-refractivity contribution in [3.8, 4) is 0 Å². The molecule has 0 amide bonds. The number of aromatic nitrogens is 1. The summed E-state index contributed by atoms with van der Waals surface area (Å²) in [5.41, 5.74) is 0. The molecule has 0 spiro atoms. The van der Waals surface area contributed by atoms with E-state index >= 15 is 0 Å². The molecule has 0 aliphatic rings. The average Bonchev–Trinajstić information content (AvgIpc) is 2.35. The molecule has 0 aliphatic carbocycles. The molecule has 0 saturated heterocycles. The van der Waals surface area contributed by atoms with Crippen LogP contribution in [0.1, 0.15) is 0 Å². The molecule has 1 aromatic heterocycles. The minimum Gasteiger partial charge on any atom is -0.383 e. The van der Waals surface area contributed by atoms with Crippen molar-refractivity contribution in [2.24, 2.45) is 0 Å². The summed E-state index contributed by atoms with van der Waals surface area (Å²) < 4.78 is 30.8. The third kappa shape index (κ3) is 4.02. The first-order chi connectivity index (χ1) is 8.12. The van der Waals surface area contributed by atoms with Crippen molar-refractivity contribution in [2.75, 3.05) is 32.1 Å². The quantitative estimate of drug-likeness (QED) is 0.706. The topological polar surface area (TPSA) is 59.5 Å². The van der Waals surface area contributed by atoms with Crippen LogP contribution in [0.4, 0.5) is 0 Å². The molecule has 0 aromatic carbocycles. The molecule has 0 N–H and O–H groups in total. The largest absolute Gasteiger partial charge is 0.383 e. The first kappa shape index (κ1) is 14.6. The zero-order chi connectivity index (χ0) is 12.7. The molecule has 0 saturated carbocycles. The van der Waals surface area contributed by atoms with Crippen LogP contribution in [0.2, 0.25) is 0 Å². The van der Waals surface area contributed by atoms with Crippen LogP contribution in [0.5, 0.6) is 0 Å². The van der Waals surface area contributed by atoms with Crippen molar-refractivity contribution in [2.45, 2.75) is 4.90 Å². The van der Waals surface area contributed by atoms with Gasteiger partial charge in [0.2, 0.25) is 10.0 Å². The fraction of sp³-hybridized carbons (Fsp3) is 0.500. The lowest BCUT2D eigenvalue weighted by atomic mass is 10.5. The van der Waals surface area contributed by atoms with Crippen LogP contribution < -0.4 is 0 Å². The number of hydrogen-bond donors (Lipinski definition) is 0. The van der Waals surface area contributed by atoms with E-state index in [4.69, 9.17) is 4.74 Å². The van der Waals surface area contributed by atoms with Gasteiger partial charge >= 0.3 is 0 Å². The molecule has 0 aliphatic heterocycles. The van der Waals surface area contributed by atoms with E-state index in [1.54, 1.807) is 19.4 Å². The van der Waals surface area contributed by atoms with E-state index in [9.17, 15) is 8.42 Å². The highest BCUT2D eigenvalue weighted by Gasteiger charge is 2.23. The van der Waals surface area contributed by atoms with Crippen LogP contribution in [0.3, 0.4) is 0 Å². The van der Waals surface area contributed by atoms with Crippen molar-refractivity contribution in [1.82, 2.24) is 9.29 Å². The Kier molecular flexibility index (Phi) is 6.04. The van der Waals surface area contributed by atoms with Crippen LogP contribution in [-0.4, -0.2) is 49.8 Å². The van der Waals surface area contributed by atoms with E-state index < -0.39 is 10.0 Å². The Bertz CT molecular complexity index is 424. The van der Waals surface area contributed by atoms with E-state index in [0.717, 1.165) is 0 Å². The van der Waals surface area contributed by atoms with Gasteiger partial charge in [-0.15, -0.1) is 0 Å². The summed E-state index contributed by atoms with van der Waals surface area (Å²) in [7, 11) is -1.93. The monoisotopic (exact) mass is 322 g/mol. The van der Waals surface area contributed by atoms with Gasteiger partial charge in [0, 0.05) is 37.9 Å². The molecule has 0 bridgehead atoms. The summed E-state index contributed by atoms with van der Waals surface area (Å²) in [6.07, 6.45) is 2.90. The Balaban J connectivity index is 2.92. The number of halogens is 1. The zero-order valence-corrected chi connectivity index (χ0v) is 11.9. The molecule has 7 heteroatoms. The molecule has 5 nitrogen and oxygen atoms in total. The molecule has 96 valence electrons. The Morgan fingerprint density at radius 2 is 2.24 bits per heavy atom. The summed E-state index contributed by atoms with van der Waals surface area (Å²) >= 11 is 3.24. The number of rotatable bonds is 7. The van der Waals surface area contributed by atoms with Gasteiger partial charge in [-0.2, -0.15) is 4.31 Å². The SMILES string of the molecule is COCCN(CCBr)S(=O)(=O)c1cccnc1. The summed E-state index contributed by atoms with van der Waals surface area (Å²) in [4.78, 5) is 4.03. The van der Waals surface area contributed by atoms with Gasteiger partial charge in [-0.1, -0.05) is 15.9 Å². The number of ether oxygens (including phenoxy) is 1. The van der Waals surface area contributed by atoms with Gasteiger partial charge in [0.1, 0.15) is 4.90 Å². The van der Waals surface area contributed by atoms with Gasteiger partial charge in [0.05, 0.1) is 6.61 Å². The minimum atomic E-state index is -3.47. The number of alkyl halides is 1. The smallest absolute Gasteiger partial charge is 0.244 e. The van der Waals surface area contributed by atoms with Crippen LogP contribution in [0, 0.1) is 0 Å². The fourth-order valence-electron chi connectivity index (χ4n) is 1.29. The summed E-state index contributed by atoms with van der Waals surface area (Å²) in [6, 6.07) is 3.14. The van der Waals surface area contributed by atoms with Crippen LogP contribution in [0.15, 0.2) is 29.4 Å². The second kappa shape index (κ2) is 7.05. The molecule has 0 unspecified atom stereocenters. The minimum absolute atomic E-state index is 0.206. The predicted molar refractivity (Wildman–Crippen MR) is 68.7 cm³/mol. The molecule has 1 aromatic rings. The van der Waals surface area contributed by atoms with Crippen LogP contribution in [0.25, 0.3) is 0 Å². The van der Waals surface area contributed by atoms with Gasteiger partial charge in [-0.05, 0) is 12.1 Å². The second-order valence-corrected chi connectivity index (χ2v) is 6.01. The van der Waals surface area contributed by atoms with Crippen LogP contribution >= 0.6 is 15.9 Å². The van der Waals surface area contributed by atoms with Crippen molar-refractivity contribution >= 4 is 26.0 Å². The van der Waals surface area contributed by atoms with E-state index in [2.05, 4.69) is 20.9 Å². The van der Waals surface area contributed by atoms with Crippen molar-refractivity contribution in [3.63, 3.8) is 0 Å². The number of pyridine rings is 1. The maximum Gasteiger partial charge on any atom is 0.244 e. The summed E-state index contributed by atoms with van der Waals surface area (Å²) in [5, 5.41) is 0.580. The molecule has 0 radical (unpaired) electrons. The van der Waals surface area contributed by atoms with E-state index in [1.165, 1.54) is 16.6 Å². The van der Waals surface area contributed by atoms with E-state index in [0.29, 0.717) is 25.0 Å². The normalized spacial score (nSPS) is 11.9. The lowest BCUT2D eigenvalue weighted by Gasteiger charge is -2.20. The highest BCUT2D eigenvalue weighted by molar-refractivity contribution is 9.09. The average molecular weight is 323 g/mol. The third-order valence-electron chi connectivity index (χ3n) is 2.15. The predicted octanol–water partition coefficient (Wildman–Crippen LogP) is 1.11. The van der Waals surface area contributed by atoms with Crippen LogP contribution in [-0.2, 0) is 14.8 Å². The highest BCUT2D eigenvalue weighted by atomic mass is 79.9.